The molecule has 1 unspecified atom stereocenters. The predicted octanol–water partition coefficient (Wildman–Crippen LogP) is 4.78. The normalized spacial score (nSPS) is 15.5. The standard InChI is InChI=1S/C18H20BrFN2O/c1-3-21-11-13(19)10-17(21)18(23)22(14-8-9-14)12(2)15-6-4-5-7-16(15)20/h4-7,10-12,14H,3,8-9H2,1-2H3. The molecule has 0 spiro atoms. The van der Waals surface area contributed by atoms with Crippen molar-refractivity contribution < 1.29 is 9.18 Å². The molecule has 1 aliphatic carbocycles. The predicted molar refractivity (Wildman–Crippen MR) is 91.8 cm³/mol. The SMILES string of the molecule is CCn1cc(Br)cc1C(=O)N(C1CC1)C(C)c1ccccc1F. The number of rotatable bonds is 5. The number of carbonyl (C=O) groups is 1. The van der Waals surface area contributed by atoms with Crippen LogP contribution in [0.15, 0.2) is 41.0 Å². The van der Waals surface area contributed by atoms with E-state index in [1.807, 2.05) is 41.6 Å². The van der Waals surface area contributed by atoms with Crippen molar-refractivity contribution in [3.8, 4) is 0 Å². The molecule has 122 valence electrons. The summed E-state index contributed by atoms with van der Waals surface area (Å²) in [5, 5.41) is 0. The summed E-state index contributed by atoms with van der Waals surface area (Å²) in [6.07, 6.45) is 3.88. The Morgan fingerprint density at radius 1 is 1.43 bits per heavy atom. The average Bonchev–Trinajstić information content (AvgIpc) is 3.28. The fourth-order valence-electron chi connectivity index (χ4n) is 3.02. The summed E-state index contributed by atoms with van der Waals surface area (Å²) in [6, 6.07) is 8.47. The monoisotopic (exact) mass is 378 g/mol. The Hall–Kier alpha value is -1.62. The van der Waals surface area contributed by atoms with E-state index in [0.29, 0.717) is 11.3 Å². The summed E-state index contributed by atoms with van der Waals surface area (Å²) in [5.41, 5.74) is 1.22. The molecule has 23 heavy (non-hydrogen) atoms. The van der Waals surface area contributed by atoms with Gasteiger partial charge in [-0.05, 0) is 54.8 Å². The van der Waals surface area contributed by atoms with Crippen LogP contribution in [0.25, 0.3) is 0 Å². The summed E-state index contributed by atoms with van der Waals surface area (Å²) >= 11 is 3.44. The number of halogens is 2. The van der Waals surface area contributed by atoms with Gasteiger partial charge >= 0.3 is 0 Å². The third-order valence-corrected chi connectivity index (χ3v) is 4.80. The maximum Gasteiger partial charge on any atom is 0.271 e. The molecule has 5 heteroatoms. The highest BCUT2D eigenvalue weighted by Gasteiger charge is 2.38. The van der Waals surface area contributed by atoms with E-state index in [0.717, 1.165) is 23.9 Å². The Kier molecular flexibility index (Phi) is 4.57. The second-order valence-corrected chi connectivity index (χ2v) is 6.89. The first-order chi connectivity index (χ1) is 11.0. The molecule has 1 aliphatic rings. The van der Waals surface area contributed by atoms with Crippen molar-refractivity contribution in [3.63, 3.8) is 0 Å². The molecule has 1 amide bonds. The lowest BCUT2D eigenvalue weighted by Crippen LogP contribution is -2.37. The van der Waals surface area contributed by atoms with E-state index in [1.54, 1.807) is 12.1 Å². The minimum Gasteiger partial charge on any atom is -0.343 e. The number of carbonyl (C=O) groups excluding carboxylic acids is 1. The average molecular weight is 379 g/mol. The van der Waals surface area contributed by atoms with Gasteiger partial charge in [0, 0.05) is 28.8 Å². The van der Waals surface area contributed by atoms with Crippen molar-refractivity contribution >= 4 is 21.8 Å². The van der Waals surface area contributed by atoms with E-state index in [4.69, 9.17) is 0 Å². The van der Waals surface area contributed by atoms with Gasteiger partial charge in [0.05, 0.1) is 6.04 Å². The lowest BCUT2D eigenvalue weighted by Gasteiger charge is -2.30. The van der Waals surface area contributed by atoms with Crippen LogP contribution in [0.4, 0.5) is 4.39 Å². The zero-order valence-electron chi connectivity index (χ0n) is 13.3. The summed E-state index contributed by atoms with van der Waals surface area (Å²) in [7, 11) is 0. The number of hydrogen-bond acceptors (Lipinski definition) is 1. The van der Waals surface area contributed by atoms with Gasteiger partial charge < -0.3 is 9.47 Å². The second-order valence-electron chi connectivity index (χ2n) is 5.97. The maximum atomic E-state index is 14.1. The lowest BCUT2D eigenvalue weighted by molar-refractivity contribution is 0.0660. The molecule has 1 heterocycles. The smallest absolute Gasteiger partial charge is 0.271 e. The molecule has 1 aromatic heterocycles. The van der Waals surface area contributed by atoms with E-state index >= 15 is 0 Å². The minimum atomic E-state index is -0.282. The largest absolute Gasteiger partial charge is 0.343 e. The van der Waals surface area contributed by atoms with Crippen LogP contribution in [-0.4, -0.2) is 21.4 Å². The Bertz CT molecular complexity index is 724. The van der Waals surface area contributed by atoms with E-state index in [9.17, 15) is 9.18 Å². The number of aromatic nitrogens is 1. The van der Waals surface area contributed by atoms with E-state index in [-0.39, 0.29) is 23.8 Å². The van der Waals surface area contributed by atoms with Crippen LogP contribution in [0.3, 0.4) is 0 Å². The fraction of sp³-hybridized carbons (Fsp3) is 0.389. The van der Waals surface area contributed by atoms with Gasteiger partial charge in [0.15, 0.2) is 0 Å². The van der Waals surface area contributed by atoms with Crippen LogP contribution >= 0.6 is 15.9 Å². The van der Waals surface area contributed by atoms with Gasteiger partial charge in [-0.25, -0.2) is 4.39 Å². The van der Waals surface area contributed by atoms with Crippen molar-refractivity contribution in [1.29, 1.82) is 0 Å². The van der Waals surface area contributed by atoms with Crippen molar-refractivity contribution in [3.05, 3.63) is 58.1 Å². The number of hydrogen-bond donors (Lipinski definition) is 0. The number of nitrogens with zero attached hydrogens (tertiary/aromatic N) is 2. The quantitative estimate of drug-likeness (QED) is 0.734. The Morgan fingerprint density at radius 3 is 2.74 bits per heavy atom. The van der Waals surface area contributed by atoms with Gasteiger partial charge in [0.1, 0.15) is 11.5 Å². The van der Waals surface area contributed by atoms with E-state index in [2.05, 4.69) is 15.9 Å². The molecule has 0 bridgehead atoms. The Morgan fingerprint density at radius 2 is 2.13 bits per heavy atom. The number of amides is 1. The zero-order chi connectivity index (χ0) is 16.6. The number of aryl methyl sites for hydroxylation is 1. The van der Waals surface area contributed by atoms with Gasteiger partial charge in [-0.3, -0.25) is 4.79 Å². The zero-order valence-corrected chi connectivity index (χ0v) is 14.9. The van der Waals surface area contributed by atoms with Crippen molar-refractivity contribution in [2.45, 2.75) is 45.3 Å². The molecule has 3 rings (SSSR count). The molecule has 1 fully saturated rings. The van der Waals surface area contributed by atoms with Crippen molar-refractivity contribution in [2.24, 2.45) is 0 Å². The third kappa shape index (κ3) is 3.20. The summed E-state index contributed by atoms with van der Waals surface area (Å²) in [6.45, 7) is 4.63. The number of benzene rings is 1. The molecule has 2 aromatic rings. The van der Waals surface area contributed by atoms with Gasteiger partial charge in [-0.1, -0.05) is 18.2 Å². The topological polar surface area (TPSA) is 25.2 Å². The minimum absolute atomic E-state index is 0.0317. The first-order valence-corrected chi connectivity index (χ1v) is 8.75. The Labute approximate surface area is 144 Å². The summed E-state index contributed by atoms with van der Waals surface area (Å²) in [5.74, 6) is -0.290. The van der Waals surface area contributed by atoms with Gasteiger partial charge in [-0.15, -0.1) is 0 Å². The van der Waals surface area contributed by atoms with Crippen molar-refractivity contribution in [1.82, 2.24) is 9.47 Å². The summed E-state index contributed by atoms with van der Waals surface area (Å²) < 4.78 is 17.0. The van der Waals surface area contributed by atoms with Crippen molar-refractivity contribution in [2.75, 3.05) is 0 Å². The molecule has 0 saturated heterocycles. The molecule has 1 aromatic carbocycles. The third-order valence-electron chi connectivity index (χ3n) is 4.37. The second kappa shape index (κ2) is 6.48. The molecule has 3 nitrogen and oxygen atoms in total. The summed E-state index contributed by atoms with van der Waals surface area (Å²) in [4.78, 5) is 14.9. The first-order valence-electron chi connectivity index (χ1n) is 7.95. The molecule has 1 atom stereocenters. The molecular formula is C18H20BrFN2O. The van der Waals surface area contributed by atoms with Crippen LogP contribution in [0.1, 0.15) is 48.8 Å². The Balaban J connectivity index is 1.95. The molecule has 0 radical (unpaired) electrons. The van der Waals surface area contributed by atoms with E-state index < -0.39 is 0 Å². The first kappa shape index (κ1) is 16.2. The van der Waals surface area contributed by atoms with Crippen LogP contribution in [0.5, 0.6) is 0 Å². The molecule has 1 saturated carbocycles. The van der Waals surface area contributed by atoms with Gasteiger partial charge in [0.25, 0.3) is 5.91 Å². The highest BCUT2D eigenvalue weighted by Crippen LogP contribution is 2.36. The lowest BCUT2D eigenvalue weighted by atomic mass is 10.1. The van der Waals surface area contributed by atoms with Crippen LogP contribution in [-0.2, 0) is 6.54 Å². The van der Waals surface area contributed by atoms with E-state index in [1.165, 1.54) is 6.07 Å². The molecule has 0 aliphatic heterocycles. The van der Waals surface area contributed by atoms with Gasteiger partial charge in [-0.2, -0.15) is 0 Å². The molecular weight excluding hydrogens is 359 g/mol. The van der Waals surface area contributed by atoms with Crippen LogP contribution in [0, 0.1) is 5.82 Å². The van der Waals surface area contributed by atoms with Gasteiger partial charge in [0.2, 0.25) is 0 Å². The molecule has 0 N–H and O–H groups in total. The van der Waals surface area contributed by atoms with Crippen LogP contribution in [0.2, 0.25) is 0 Å². The highest BCUT2D eigenvalue weighted by atomic mass is 79.9. The fourth-order valence-corrected chi connectivity index (χ4v) is 3.49. The highest BCUT2D eigenvalue weighted by molar-refractivity contribution is 9.10. The maximum absolute atomic E-state index is 14.1. The van der Waals surface area contributed by atoms with Crippen LogP contribution < -0.4 is 0 Å².